The Morgan fingerprint density at radius 2 is 1.81 bits per heavy atom. The van der Waals surface area contributed by atoms with Gasteiger partial charge >= 0.3 is 0 Å². The SMILES string of the molecule is CN=C(NCC(=O)N1CCCCC1)N1CCCC(C)C1.I. The normalized spacial score (nSPS) is 23.5. The molecule has 21 heavy (non-hydrogen) atoms. The van der Waals surface area contributed by atoms with Crippen LogP contribution in [0.25, 0.3) is 0 Å². The predicted octanol–water partition coefficient (Wildman–Crippen LogP) is 1.92. The third-order valence-electron chi connectivity index (χ3n) is 4.27. The van der Waals surface area contributed by atoms with E-state index in [9.17, 15) is 4.79 Å². The van der Waals surface area contributed by atoms with Gasteiger partial charge in [-0.2, -0.15) is 0 Å². The van der Waals surface area contributed by atoms with Crippen LogP contribution in [0, 0.1) is 5.92 Å². The number of hydrogen-bond donors (Lipinski definition) is 1. The van der Waals surface area contributed by atoms with Crippen LogP contribution < -0.4 is 5.32 Å². The van der Waals surface area contributed by atoms with Gasteiger partial charge in [0.2, 0.25) is 5.91 Å². The van der Waals surface area contributed by atoms with Crippen molar-refractivity contribution >= 4 is 35.8 Å². The van der Waals surface area contributed by atoms with E-state index in [2.05, 4.69) is 22.1 Å². The lowest BCUT2D eigenvalue weighted by atomic mass is 10.0. The highest BCUT2D eigenvalue weighted by atomic mass is 127. The van der Waals surface area contributed by atoms with Crippen LogP contribution in [-0.4, -0.2) is 61.4 Å². The number of amides is 1. The fourth-order valence-corrected chi connectivity index (χ4v) is 3.12. The standard InChI is InChI=1S/C15H28N4O.HI/c1-13-7-6-10-19(12-13)15(16-2)17-11-14(20)18-8-4-3-5-9-18;/h13H,3-12H2,1-2H3,(H,16,17);1H. The van der Waals surface area contributed by atoms with Crippen LogP contribution in [0.2, 0.25) is 0 Å². The van der Waals surface area contributed by atoms with Crippen LogP contribution in [0.3, 0.4) is 0 Å². The maximum Gasteiger partial charge on any atom is 0.241 e. The van der Waals surface area contributed by atoms with Crippen LogP contribution in [0.15, 0.2) is 4.99 Å². The first-order chi connectivity index (χ1) is 9.70. The monoisotopic (exact) mass is 408 g/mol. The quantitative estimate of drug-likeness (QED) is 0.432. The van der Waals surface area contributed by atoms with E-state index in [1.807, 2.05) is 4.90 Å². The van der Waals surface area contributed by atoms with E-state index < -0.39 is 0 Å². The molecular weight excluding hydrogens is 379 g/mol. The number of carbonyl (C=O) groups is 1. The van der Waals surface area contributed by atoms with E-state index >= 15 is 0 Å². The molecule has 2 saturated heterocycles. The van der Waals surface area contributed by atoms with Gasteiger partial charge in [-0.25, -0.2) is 0 Å². The molecule has 0 spiro atoms. The molecular formula is C15H29IN4O. The number of halogens is 1. The molecule has 5 nitrogen and oxygen atoms in total. The van der Waals surface area contributed by atoms with Gasteiger partial charge in [-0.15, -0.1) is 24.0 Å². The Kier molecular flexibility index (Phi) is 8.36. The number of nitrogens with zero attached hydrogens (tertiary/aromatic N) is 3. The molecule has 0 aromatic rings. The number of aliphatic imine (C=N–C) groups is 1. The van der Waals surface area contributed by atoms with E-state index in [0.29, 0.717) is 12.5 Å². The third-order valence-corrected chi connectivity index (χ3v) is 4.27. The molecule has 0 saturated carbocycles. The van der Waals surface area contributed by atoms with E-state index in [0.717, 1.165) is 45.0 Å². The van der Waals surface area contributed by atoms with Crippen LogP contribution in [-0.2, 0) is 4.79 Å². The molecule has 122 valence electrons. The van der Waals surface area contributed by atoms with Gasteiger partial charge in [0.05, 0.1) is 6.54 Å². The second kappa shape index (κ2) is 9.48. The molecule has 1 amide bonds. The average Bonchev–Trinajstić information content (AvgIpc) is 2.48. The van der Waals surface area contributed by atoms with Gasteiger partial charge in [0, 0.05) is 33.2 Å². The molecule has 0 bridgehead atoms. The van der Waals surface area contributed by atoms with Gasteiger partial charge in [-0.05, 0) is 38.0 Å². The Labute approximate surface area is 145 Å². The summed E-state index contributed by atoms with van der Waals surface area (Å²) in [6.07, 6.45) is 6.04. The maximum absolute atomic E-state index is 12.2. The van der Waals surface area contributed by atoms with Crippen LogP contribution in [0.1, 0.15) is 39.0 Å². The number of likely N-dealkylation sites (tertiary alicyclic amines) is 2. The first kappa shape index (κ1) is 18.5. The van der Waals surface area contributed by atoms with Crippen LogP contribution >= 0.6 is 24.0 Å². The minimum atomic E-state index is 0. The summed E-state index contributed by atoms with van der Waals surface area (Å²) in [6.45, 7) is 6.56. The van der Waals surface area contributed by atoms with Crippen molar-refractivity contribution in [2.75, 3.05) is 39.8 Å². The summed E-state index contributed by atoms with van der Waals surface area (Å²) in [5.74, 6) is 1.79. The first-order valence-corrected chi connectivity index (χ1v) is 7.94. The Bertz CT molecular complexity index is 356. The summed E-state index contributed by atoms with van der Waals surface area (Å²) in [7, 11) is 1.80. The van der Waals surface area contributed by atoms with Gasteiger partial charge in [0.25, 0.3) is 0 Å². The van der Waals surface area contributed by atoms with E-state index in [-0.39, 0.29) is 29.9 Å². The number of rotatable bonds is 2. The van der Waals surface area contributed by atoms with Gasteiger partial charge in [-0.3, -0.25) is 9.79 Å². The molecule has 1 atom stereocenters. The molecule has 1 N–H and O–H groups in total. The van der Waals surface area contributed by atoms with Crippen molar-refractivity contribution in [3.05, 3.63) is 0 Å². The summed E-state index contributed by atoms with van der Waals surface area (Å²) in [5.41, 5.74) is 0. The summed E-state index contributed by atoms with van der Waals surface area (Å²) < 4.78 is 0. The Balaban J connectivity index is 0.00000220. The fourth-order valence-electron chi connectivity index (χ4n) is 3.12. The van der Waals surface area contributed by atoms with E-state index in [1.54, 1.807) is 7.05 Å². The molecule has 2 rings (SSSR count). The third kappa shape index (κ3) is 5.64. The van der Waals surface area contributed by atoms with E-state index in [4.69, 9.17) is 0 Å². The number of carbonyl (C=O) groups excluding carboxylic acids is 1. The smallest absolute Gasteiger partial charge is 0.241 e. The molecule has 1 unspecified atom stereocenters. The van der Waals surface area contributed by atoms with Crippen molar-refractivity contribution in [3.63, 3.8) is 0 Å². The van der Waals surface area contributed by atoms with Gasteiger partial charge < -0.3 is 15.1 Å². The molecule has 6 heteroatoms. The molecule has 0 aliphatic carbocycles. The highest BCUT2D eigenvalue weighted by Crippen LogP contribution is 2.15. The minimum absolute atomic E-state index is 0. The van der Waals surface area contributed by atoms with Crippen molar-refractivity contribution < 1.29 is 4.79 Å². The second-order valence-corrected chi connectivity index (χ2v) is 6.04. The van der Waals surface area contributed by atoms with Crippen molar-refractivity contribution in [2.45, 2.75) is 39.0 Å². The summed E-state index contributed by atoms with van der Waals surface area (Å²) in [4.78, 5) is 20.7. The predicted molar refractivity (Wildman–Crippen MR) is 97.2 cm³/mol. The summed E-state index contributed by atoms with van der Waals surface area (Å²) >= 11 is 0. The molecule has 2 aliphatic rings. The summed E-state index contributed by atoms with van der Waals surface area (Å²) in [5, 5.41) is 3.24. The number of piperidine rings is 2. The van der Waals surface area contributed by atoms with Gasteiger partial charge in [0.15, 0.2) is 5.96 Å². The van der Waals surface area contributed by atoms with E-state index in [1.165, 1.54) is 19.3 Å². The molecule has 2 aliphatic heterocycles. The molecule has 2 fully saturated rings. The Morgan fingerprint density at radius 1 is 1.14 bits per heavy atom. The van der Waals surface area contributed by atoms with Crippen molar-refractivity contribution in [3.8, 4) is 0 Å². The Morgan fingerprint density at radius 3 is 2.43 bits per heavy atom. The lowest BCUT2D eigenvalue weighted by molar-refractivity contribution is -0.130. The topological polar surface area (TPSA) is 47.9 Å². The summed E-state index contributed by atoms with van der Waals surface area (Å²) in [6, 6.07) is 0. The largest absolute Gasteiger partial charge is 0.347 e. The lowest BCUT2D eigenvalue weighted by Gasteiger charge is -2.34. The zero-order valence-corrected chi connectivity index (χ0v) is 15.6. The lowest BCUT2D eigenvalue weighted by Crippen LogP contribution is -2.49. The highest BCUT2D eigenvalue weighted by Gasteiger charge is 2.21. The zero-order chi connectivity index (χ0) is 14.4. The average molecular weight is 408 g/mol. The number of hydrogen-bond acceptors (Lipinski definition) is 2. The van der Waals surface area contributed by atoms with Crippen molar-refractivity contribution in [1.29, 1.82) is 0 Å². The van der Waals surface area contributed by atoms with Crippen molar-refractivity contribution in [2.24, 2.45) is 10.9 Å². The second-order valence-electron chi connectivity index (χ2n) is 6.04. The first-order valence-electron chi connectivity index (χ1n) is 7.94. The minimum Gasteiger partial charge on any atom is -0.347 e. The van der Waals surface area contributed by atoms with Gasteiger partial charge in [-0.1, -0.05) is 6.92 Å². The maximum atomic E-state index is 12.2. The van der Waals surface area contributed by atoms with Crippen molar-refractivity contribution in [1.82, 2.24) is 15.1 Å². The fraction of sp³-hybridized carbons (Fsp3) is 0.867. The molecule has 0 aromatic carbocycles. The van der Waals surface area contributed by atoms with Crippen LogP contribution in [0.4, 0.5) is 0 Å². The number of nitrogens with one attached hydrogen (secondary N) is 1. The molecule has 0 radical (unpaired) electrons. The van der Waals surface area contributed by atoms with Crippen LogP contribution in [0.5, 0.6) is 0 Å². The Hall–Kier alpha value is -0.530. The molecule has 0 aromatic heterocycles. The highest BCUT2D eigenvalue weighted by molar-refractivity contribution is 14.0. The number of guanidine groups is 1. The van der Waals surface area contributed by atoms with Gasteiger partial charge in [0.1, 0.15) is 0 Å². The zero-order valence-electron chi connectivity index (χ0n) is 13.3. The molecule has 2 heterocycles.